The molecule has 0 N–H and O–H groups in total. The molecule has 8 heteroatoms. The first-order valence-corrected chi connectivity index (χ1v) is 12.0. The third-order valence-corrected chi connectivity index (χ3v) is 8.92. The molecule has 1 aliphatic heterocycles. The molecule has 146 valence electrons. The smallest absolute Gasteiger partial charge is 0.252 e. The van der Waals surface area contributed by atoms with Crippen molar-refractivity contribution in [2.24, 2.45) is 5.92 Å². The number of amides is 1. The third-order valence-electron chi connectivity index (χ3n) is 4.93. The van der Waals surface area contributed by atoms with E-state index < -0.39 is 10.0 Å². The van der Waals surface area contributed by atoms with Crippen molar-refractivity contribution in [1.82, 2.24) is 4.31 Å². The molecule has 3 rings (SSSR count). The average molecular weight is 471 g/mol. The van der Waals surface area contributed by atoms with Crippen LogP contribution in [-0.2, 0) is 14.8 Å². The van der Waals surface area contributed by atoms with Gasteiger partial charge in [0.05, 0.1) is 3.79 Å². The van der Waals surface area contributed by atoms with Gasteiger partial charge in [-0.15, -0.1) is 11.3 Å². The molecular formula is C19H23BrN2O3S2. The van der Waals surface area contributed by atoms with Crippen LogP contribution in [0.4, 0.5) is 5.69 Å². The molecule has 27 heavy (non-hydrogen) atoms. The fourth-order valence-electron chi connectivity index (χ4n) is 3.44. The highest BCUT2D eigenvalue weighted by Gasteiger charge is 2.34. The maximum Gasteiger partial charge on any atom is 0.252 e. The van der Waals surface area contributed by atoms with Gasteiger partial charge in [-0.05, 0) is 66.4 Å². The summed E-state index contributed by atoms with van der Waals surface area (Å²) in [4.78, 5) is 14.9. The Kier molecular flexibility index (Phi) is 6.40. The Bertz CT molecular complexity index is 919. The number of rotatable bonds is 5. The van der Waals surface area contributed by atoms with Crippen LogP contribution in [0.25, 0.3) is 0 Å². The molecule has 0 radical (unpaired) electrons. The van der Waals surface area contributed by atoms with Crippen LogP contribution in [0.1, 0.15) is 25.3 Å². The minimum absolute atomic E-state index is 0.0858. The van der Waals surface area contributed by atoms with Crippen LogP contribution < -0.4 is 4.90 Å². The van der Waals surface area contributed by atoms with E-state index in [0.717, 1.165) is 15.0 Å². The number of benzene rings is 1. The number of piperidine rings is 1. The van der Waals surface area contributed by atoms with Crippen LogP contribution in [0.15, 0.2) is 44.4 Å². The second-order valence-electron chi connectivity index (χ2n) is 6.61. The zero-order valence-electron chi connectivity index (χ0n) is 15.4. The molecule has 0 spiro atoms. The molecule has 0 bridgehead atoms. The predicted molar refractivity (Wildman–Crippen MR) is 113 cm³/mol. The lowest BCUT2D eigenvalue weighted by molar-refractivity contribution is -0.123. The fraction of sp³-hybridized carbons (Fsp3) is 0.421. The van der Waals surface area contributed by atoms with Crippen LogP contribution in [0.2, 0.25) is 0 Å². The van der Waals surface area contributed by atoms with E-state index in [4.69, 9.17) is 0 Å². The highest BCUT2D eigenvalue weighted by Crippen LogP contribution is 2.32. The van der Waals surface area contributed by atoms with Gasteiger partial charge in [-0.25, -0.2) is 8.42 Å². The third kappa shape index (κ3) is 4.29. The van der Waals surface area contributed by atoms with Crippen LogP contribution in [-0.4, -0.2) is 38.3 Å². The maximum atomic E-state index is 13.1. The largest absolute Gasteiger partial charge is 0.312 e. The Morgan fingerprint density at radius 2 is 1.89 bits per heavy atom. The topological polar surface area (TPSA) is 57.7 Å². The number of hydrogen-bond acceptors (Lipinski definition) is 4. The Hall–Kier alpha value is -1.22. The lowest BCUT2D eigenvalue weighted by Crippen LogP contribution is -2.44. The summed E-state index contributed by atoms with van der Waals surface area (Å²) in [7, 11) is -3.48. The number of sulfonamides is 1. The quantitative estimate of drug-likeness (QED) is 0.655. The van der Waals surface area contributed by atoms with Gasteiger partial charge < -0.3 is 4.90 Å². The Labute approximate surface area is 173 Å². The molecule has 1 aliphatic rings. The molecule has 1 aromatic carbocycles. The molecule has 0 unspecified atom stereocenters. The van der Waals surface area contributed by atoms with E-state index >= 15 is 0 Å². The molecule has 0 saturated carbocycles. The summed E-state index contributed by atoms with van der Waals surface area (Å²) in [5.74, 6) is -0.0613. The minimum atomic E-state index is -3.48. The summed E-state index contributed by atoms with van der Waals surface area (Å²) in [6.45, 7) is 5.32. The SMILES string of the molecule is CCN(C(=O)C1CCN(S(=O)(=O)c2ccc(Br)s2)CC1)c1ccccc1C. The van der Waals surface area contributed by atoms with Gasteiger partial charge in [0.25, 0.3) is 10.0 Å². The lowest BCUT2D eigenvalue weighted by atomic mass is 9.96. The zero-order chi connectivity index (χ0) is 19.6. The number of halogens is 1. The number of para-hydroxylation sites is 1. The first kappa shape index (κ1) is 20.5. The normalized spacial score (nSPS) is 16.4. The standard InChI is InChI=1S/C19H23BrN2O3S2/c1-3-22(16-7-5-4-6-14(16)2)19(23)15-10-12-21(13-11-15)27(24,25)18-9-8-17(20)26-18/h4-9,15H,3,10-13H2,1-2H3. The van der Waals surface area contributed by atoms with E-state index in [9.17, 15) is 13.2 Å². The van der Waals surface area contributed by atoms with Gasteiger partial charge in [-0.2, -0.15) is 4.31 Å². The number of aryl methyl sites for hydroxylation is 1. The predicted octanol–water partition coefficient (Wildman–Crippen LogP) is 4.27. The van der Waals surface area contributed by atoms with Crippen LogP contribution in [0.5, 0.6) is 0 Å². The Morgan fingerprint density at radius 3 is 2.44 bits per heavy atom. The van der Waals surface area contributed by atoms with Crippen molar-refractivity contribution in [3.63, 3.8) is 0 Å². The number of anilines is 1. The Morgan fingerprint density at radius 1 is 1.22 bits per heavy atom. The van der Waals surface area contributed by atoms with Crippen molar-refractivity contribution in [1.29, 1.82) is 0 Å². The maximum absolute atomic E-state index is 13.1. The summed E-state index contributed by atoms with van der Waals surface area (Å²) in [6.07, 6.45) is 1.10. The highest BCUT2D eigenvalue weighted by atomic mass is 79.9. The van der Waals surface area contributed by atoms with E-state index in [-0.39, 0.29) is 11.8 Å². The molecule has 1 fully saturated rings. The van der Waals surface area contributed by atoms with Gasteiger partial charge >= 0.3 is 0 Å². The van der Waals surface area contributed by atoms with Gasteiger partial charge in [-0.1, -0.05) is 18.2 Å². The van der Waals surface area contributed by atoms with Gasteiger partial charge in [0.2, 0.25) is 5.91 Å². The van der Waals surface area contributed by atoms with Crippen LogP contribution >= 0.6 is 27.3 Å². The van der Waals surface area contributed by atoms with E-state index in [2.05, 4.69) is 15.9 Å². The molecular weight excluding hydrogens is 448 g/mol. The van der Waals surface area contributed by atoms with Gasteiger partial charge in [0.1, 0.15) is 4.21 Å². The summed E-state index contributed by atoms with van der Waals surface area (Å²) >= 11 is 4.53. The van der Waals surface area contributed by atoms with Crippen molar-refractivity contribution in [3.05, 3.63) is 45.7 Å². The van der Waals surface area contributed by atoms with E-state index in [1.165, 1.54) is 15.6 Å². The molecule has 0 aliphatic carbocycles. The average Bonchev–Trinajstić information content (AvgIpc) is 3.11. The molecule has 1 amide bonds. The van der Waals surface area contributed by atoms with Crippen molar-refractivity contribution in [2.45, 2.75) is 30.9 Å². The first-order valence-electron chi connectivity index (χ1n) is 8.97. The van der Waals surface area contributed by atoms with Gasteiger partial charge in [0, 0.05) is 31.2 Å². The van der Waals surface area contributed by atoms with Crippen LogP contribution in [0, 0.1) is 12.8 Å². The minimum Gasteiger partial charge on any atom is -0.312 e. The second-order valence-corrected chi connectivity index (χ2v) is 11.2. The van der Waals surface area contributed by atoms with Gasteiger partial charge in [-0.3, -0.25) is 4.79 Å². The molecule has 5 nitrogen and oxygen atoms in total. The molecule has 2 aromatic rings. The van der Waals surface area contributed by atoms with Crippen LogP contribution in [0.3, 0.4) is 0 Å². The van der Waals surface area contributed by atoms with Crippen molar-refractivity contribution in [2.75, 3.05) is 24.5 Å². The lowest BCUT2D eigenvalue weighted by Gasteiger charge is -2.33. The van der Waals surface area contributed by atoms with Gasteiger partial charge in [0.15, 0.2) is 0 Å². The van der Waals surface area contributed by atoms with Crippen molar-refractivity contribution >= 4 is 48.9 Å². The monoisotopic (exact) mass is 470 g/mol. The molecule has 1 saturated heterocycles. The number of carbonyl (C=O) groups excluding carboxylic acids is 1. The Balaban J connectivity index is 1.70. The molecule has 2 heterocycles. The number of nitrogens with zero attached hydrogens (tertiary/aromatic N) is 2. The zero-order valence-corrected chi connectivity index (χ0v) is 18.6. The van der Waals surface area contributed by atoms with E-state index in [1.807, 2.05) is 43.0 Å². The number of hydrogen-bond donors (Lipinski definition) is 0. The fourth-order valence-corrected chi connectivity index (χ4v) is 7.07. The second kappa shape index (κ2) is 8.43. The summed E-state index contributed by atoms with van der Waals surface area (Å²) < 4.78 is 28.1. The highest BCUT2D eigenvalue weighted by molar-refractivity contribution is 9.11. The van der Waals surface area contributed by atoms with E-state index in [1.54, 1.807) is 12.1 Å². The first-order chi connectivity index (χ1) is 12.8. The number of carbonyl (C=O) groups is 1. The molecule has 1 aromatic heterocycles. The van der Waals surface area contributed by atoms with Crippen molar-refractivity contribution < 1.29 is 13.2 Å². The molecule has 0 atom stereocenters. The number of thiophene rings is 1. The summed E-state index contributed by atoms with van der Waals surface area (Å²) in [5, 5.41) is 0. The summed E-state index contributed by atoms with van der Waals surface area (Å²) in [6, 6.07) is 11.2. The van der Waals surface area contributed by atoms with E-state index in [0.29, 0.717) is 36.7 Å². The summed E-state index contributed by atoms with van der Waals surface area (Å²) in [5.41, 5.74) is 2.00. The van der Waals surface area contributed by atoms with Crippen molar-refractivity contribution in [3.8, 4) is 0 Å².